The Hall–Kier alpha value is -3.79. The molecule has 4 heterocycles. The van der Waals surface area contributed by atoms with Gasteiger partial charge >= 0.3 is 0 Å². The molecule has 168 valence electrons. The molecule has 0 saturated carbocycles. The van der Waals surface area contributed by atoms with Gasteiger partial charge < -0.3 is 10.1 Å². The van der Waals surface area contributed by atoms with Gasteiger partial charge in [-0.15, -0.1) is 0 Å². The van der Waals surface area contributed by atoms with Crippen LogP contribution >= 0.6 is 0 Å². The number of nitrogens with one attached hydrogen (secondary N) is 1. The highest BCUT2D eigenvalue weighted by atomic mass is 16.6. The Morgan fingerprint density at radius 2 is 1.94 bits per heavy atom. The van der Waals surface area contributed by atoms with Gasteiger partial charge in [0.2, 0.25) is 17.7 Å². The third-order valence-electron chi connectivity index (χ3n) is 7.52. The molecule has 1 spiro atoms. The Morgan fingerprint density at radius 3 is 2.70 bits per heavy atom. The van der Waals surface area contributed by atoms with Crippen molar-refractivity contribution < 1.29 is 24.0 Å². The second kappa shape index (κ2) is 6.61. The highest BCUT2D eigenvalue weighted by molar-refractivity contribution is 6.26. The van der Waals surface area contributed by atoms with E-state index in [1.165, 1.54) is 25.3 Å². The van der Waals surface area contributed by atoms with Crippen LogP contribution in [0.1, 0.15) is 18.4 Å². The number of carbonyl (C=O) groups excluding carboxylic acids is 3. The lowest BCUT2D eigenvalue weighted by Gasteiger charge is -2.36. The number of imide groups is 1. The molecule has 2 aromatic carbocycles. The van der Waals surface area contributed by atoms with E-state index in [1.54, 1.807) is 6.07 Å². The third-order valence-corrected chi connectivity index (χ3v) is 7.52. The SMILES string of the molecule is COc1cc([N+](=O)[O-])ccc1N1C(=O)[C@H]2[C@@H](C1=O)[C@@]1(C(=O)Nc3ccccc31)N1CCC[C@@H]21. The van der Waals surface area contributed by atoms with Crippen molar-refractivity contribution in [1.29, 1.82) is 0 Å². The predicted molar refractivity (Wildman–Crippen MR) is 116 cm³/mol. The summed E-state index contributed by atoms with van der Waals surface area (Å²) >= 11 is 0. The molecule has 2 aromatic rings. The van der Waals surface area contributed by atoms with Gasteiger partial charge in [-0.25, -0.2) is 4.90 Å². The number of hydrogen-bond donors (Lipinski definition) is 1. The average molecular weight is 448 g/mol. The summed E-state index contributed by atoms with van der Waals surface area (Å²) in [6.45, 7) is 0.626. The van der Waals surface area contributed by atoms with Gasteiger partial charge in [0.25, 0.3) is 5.69 Å². The molecule has 4 aliphatic heterocycles. The van der Waals surface area contributed by atoms with Gasteiger partial charge in [0.1, 0.15) is 11.3 Å². The fourth-order valence-electron chi connectivity index (χ4n) is 6.36. The Kier molecular flexibility index (Phi) is 3.98. The maximum absolute atomic E-state index is 13.9. The number of nitro benzene ring substituents is 1. The number of rotatable bonds is 3. The first-order valence-corrected chi connectivity index (χ1v) is 10.8. The van der Waals surface area contributed by atoms with Crippen LogP contribution in [0.2, 0.25) is 0 Å². The van der Waals surface area contributed by atoms with Gasteiger partial charge in [-0.05, 0) is 31.5 Å². The van der Waals surface area contributed by atoms with Crippen LogP contribution in [0.4, 0.5) is 17.1 Å². The summed E-state index contributed by atoms with van der Waals surface area (Å²) in [6.07, 6.45) is 1.54. The van der Waals surface area contributed by atoms with E-state index in [0.717, 1.165) is 11.3 Å². The molecule has 0 radical (unpaired) electrons. The average Bonchev–Trinajstić information content (AvgIpc) is 3.51. The summed E-state index contributed by atoms with van der Waals surface area (Å²) in [6, 6.07) is 10.9. The van der Waals surface area contributed by atoms with E-state index in [1.807, 2.05) is 23.1 Å². The van der Waals surface area contributed by atoms with Crippen LogP contribution in [0.15, 0.2) is 42.5 Å². The van der Waals surface area contributed by atoms with Crippen molar-refractivity contribution in [2.24, 2.45) is 11.8 Å². The number of benzene rings is 2. The largest absolute Gasteiger partial charge is 0.494 e. The smallest absolute Gasteiger partial charge is 0.273 e. The fourth-order valence-corrected chi connectivity index (χ4v) is 6.36. The van der Waals surface area contributed by atoms with Crippen LogP contribution in [0.25, 0.3) is 0 Å². The van der Waals surface area contributed by atoms with Gasteiger partial charge in [-0.2, -0.15) is 0 Å². The molecular formula is C23H20N4O6. The topological polar surface area (TPSA) is 122 Å². The van der Waals surface area contributed by atoms with Crippen LogP contribution < -0.4 is 15.0 Å². The lowest BCUT2D eigenvalue weighted by atomic mass is 9.75. The van der Waals surface area contributed by atoms with Crippen molar-refractivity contribution >= 4 is 34.8 Å². The molecule has 1 N–H and O–H groups in total. The summed E-state index contributed by atoms with van der Waals surface area (Å²) in [7, 11) is 1.33. The maximum atomic E-state index is 13.9. The fraction of sp³-hybridized carbons (Fsp3) is 0.348. The molecule has 3 saturated heterocycles. The molecule has 10 heteroatoms. The van der Waals surface area contributed by atoms with Crippen molar-refractivity contribution in [3.63, 3.8) is 0 Å². The Labute approximate surface area is 188 Å². The molecule has 0 bridgehead atoms. The summed E-state index contributed by atoms with van der Waals surface area (Å²) in [4.78, 5) is 55.0. The molecule has 6 rings (SSSR count). The number of carbonyl (C=O) groups is 3. The summed E-state index contributed by atoms with van der Waals surface area (Å²) in [5, 5.41) is 14.1. The lowest BCUT2D eigenvalue weighted by molar-refractivity contribution is -0.384. The number of nitro groups is 1. The van der Waals surface area contributed by atoms with Crippen LogP contribution in [-0.2, 0) is 19.9 Å². The first kappa shape index (κ1) is 19.9. The first-order valence-electron chi connectivity index (χ1n) is 10.8. The van der Waals surface area contributed by atoms with Crippen molar-refractivity contribution in [2.45, 2.75) is 24.4 Å². The normalized spacial score (nSPS) is 29.9. The van der Waals surface area contributed by atoms with Crippen LogP contribution in [0, 0.1) is 22.0 Å². The lowest BCUT2D eigenvalue weighted by Crippen LogP contribution is -2.54. The molecule has 0 unspecified atom stereocenters. The number of methoxy groups -OCH3 is 1. The van der Waals surface area contributed by atoms with Crippen molar-refractivity contribution in [3.05, 3.63) is 58.1 Å². The number of nitrogens with zero attached hydrogens (tertiary/aromatic N) is 3. The van der Waals surface area contributed by atoms with E-state index in [-0.39, 0.29) is 29.1 Å². The zero-order chi connectivity index (χ0) is 23.1. The highest BCUT2D eigenvalue weighted by Crippen LogP contribution is 2.61. The Balaban J connectivity index is 1.53. The molecule has 33 heavy (non-hydrogen) atoms. The monoisotopic (exact) mass is 448 g/mol. The van der Waals surface area contributed by atoms with Crippen LogP contribution in [0.3, 0.4) is 0 Å². The minimum atomic E-state index is -1.25. The van der Waals surface area contributed by atoms with E-state index in [0.29, 0.717) is 24.2 Å². The number of amides is 3. The summed E-state index contributed by atoms with van der Waals surface area (Å²) in [5.41, 5.74) is 0.0579. The highest BCUT2D eigenvalue weighted by Gasteiger charge is 2.74. The summed E-state index contributed by atoms with van der Waals surface area (Å²) < 4.78 is 5.31. The van der Waals surface area contributed by atoms with Gasteiger partial charge in [0.05, 0.1) is 35.6 Å². The van der Waals surface area contributed by atoms with Crippen LogP contribution in [0.5, 0.6) is 5.75 Å². The Bertz CT molecular complexity index is 1260. The molecule has 3 amide bonds. The van der Waals surface area contributed by atoms with Crippen molar-refractivity contribution in [2.75, 3.05) is 23.9 Å². The summed E-state index contributed by atoms with van der Waals surface area (Å²) in [5.74, 6) is -2.70. The van der Waals surface area contributed by atoms with Gasteiger partial charge in [-0.1, -0.05) is 18.2 Å². The van der Waals surface area contributed by atoms with E-state index < -0.39 is 34.1 Å². The van der Waals surface area contributed by atoms with Crippen LogP contribution in [-0.4, -0.2) is 47.2 Å². The van der Waals surface area contributed by atoms with Crippen molar-refractivity contribution in [1.82, 2.24) is 4.90 Å². The number of anilines is 2. The minimum absolute atomic E-state index is 0.0551. The molecule has 0 aromatic heterocycles. The number of hydrogen-bond acceptors (Lipinski definition) is 7. The number of non-ortho nitro benzene ring substituents is 1. The minimum Gasteiger partial charge on any atom is -0.494 e. The number of ether oxygens (including phenoxy) is 1. The van der Waals surface area contributed by atoms with E-state index in [2.05, 4.69) is 5.32 Å². The first-order chi connectivity index (χ1) is 15.9. The van der Waals surface area contributed by atoms with Gasteiger partial charge in [0.15, 0.2) is 0 Å². The van der Waals surface area contributed by atoms with E-state index in [9.17, 15) is 24.5 Å². The quantitative estimate of drug-likeness (QED) is 0.433. The predicted octanol–water partition coefficient (Wildman–Crippen LogP) is 2.03. The van der Waals surface area contributed by atoms with E-state index in [4.69, 9.17) is 4.74 Å². The number of para-hydroxylation sites is 1. The molecular weight excluding hydrogens is 428 g/mol. The molecule has 10 nitrogen and oxygen atoms in total. The maximum Gasteiger partial charge on any atom is 0.273 e. The van der Waals surface area contributed by atoms with Gasteiger partial charge in [-0.3, -0.25) is 29.4 Å². The molecule has 4 atom stereocenters. The molecule has 0 aliphatic carbocycles. The van der Waals surface area contributed by atoms with E-state index >= 15 is 0 Å². The molecule has 3 fully saturated rings. The Morgan fingerprint density at radius 1 is 1.15 bits per heavy atom. The standard InChI is InChI=1S/C23H20N4O6/c1-33-17-11-12(27(31)32)8-9-15(17)26-20(28)18-16-7-4-10-25(16)23(19(18)21(26)29)13-5-2-3-6-14(13)24-22(23)30/h2-3,5-6,8-9,11,16,18-19H,4,7,10H2,1H3,(H,24,30)/t16-,18+,19-,23-/m0/s1. The third kappa shape index (κ3) is 2.28. The zero-order valence-electron chi connectivity index (χ0n) is 17.7. The van der Waals surface area contributed by atoms with Crippen molar-refractivity contribution in [3.8, 4) is 5.75 Å². The second-order valence-corrected chi connectivity index (χ2v) is 8.80. The van der Waals surface area contributed by atoms with Gasteiger partial charge in [0, 0.05) is 23.4 Å². The molecule has 4 aliphatic rings. The number of fused-ring (bicyclic) bond motifs is 7. The zero-order valence-corrected chi connectivity index (χ0v) is 17.7. The second-order valence-electron chi connectivity index (χ2n) is 8.80.